The lowest BCUT2D eigenvalue weighted by molar-refractivity contribution is 0.410. The zero-order chi connectivity index (χ0) is 14.7. The van der Waals surface area contributed by atoms with E-state index in [1.54, 1.807) is 7.11 Å². The van der Waals surface area contributed by atoms with Crippen LogP contribution in [0.2, 0.25) is 0 Å². The summed E-state index contributed by atoms with van der Waals surface area (Å²) in [5.74, 6) is -0.529. The molecule has 0 heterocycles. The van der Waals surface area contributed by atoms with Crippen molar-refractivity contribution in [1.29, 1.82) is 0 Å². The Morgan fingerprint density at radius 1 is 1.20 bits per heavy atom. The second kappa shape index (κ2) is 6.22. The van der Waals surface area contributed by atoms with Crippen molar-refractivity contribution < 1.29 is 13.5 Å². The van der Waals surface area contributed by atoms with Crippen LogP contribution in [0.4, 0.5) is 14.5 Å². The van der Waals surface area contributed by atoms with Crippen LogP contribution >= 0.6 is 15.9 Å². The van der Waals surface area contributed by atoms with Gasteiger partial charge in [-0.2, -0.15) is 0 Å². The van der Waals surface area contributed by atoms with E-state index in [1.807, 2.05) is 25.1 Å². The highest BCUT2D eigenvalue weighted by Crippen LogP contribution is 2.28. The molecule has 20 heavy (non-hydrogen) atoms. The molecule has 2 aromatic rings. The SMILES string of the molecule is COc1ccc(C)cc1CNc1c(F)cc(F)cc1Br. The zero-order valence-electron chi connectivity index (χ0n) is 11.1. The van der Waals surface area contributed by atoms with Crippen molar-refractivity contribution in [2.24, 2.45) is 0 Å². The molecule has 0 aliphatic carbocycles. The van der Waals surface area contributed by atoms with E-state index in [1.165, 1.54) is 6.07 Å². The van der Waals surface area contributed by atoms with Crippen molar-refractivity contribution in [3.05, 3.63) is 57.6 Å². The Hall–Kier alpha value is -1.62. The molecule has 0 spiro atoms. The van der Waals surface area contributed by atoms with Crippen LogP contribution in [0.25, 0.3) is 0 Å². The van der Waals surface area contributed by atoms with Gasteiger partial charge in [0.05, 0.1) is 12.8 Å². The predicted octanol–water partition coefficient (Wildman–Crippen LogP) is 4.66. The molecule has 2 rings (SSSR count). The van der Waals surface area contributed by atoms with Crippen LogP contribution < -0.4 is 10.1 Å². The molecule has 0 saturated carbocycles. The largest absolute Gasteiger partial charge is 0.496 e. The van der Waals surface area contributed by atoms with E-state index >= 15 is 0 Å². The fourth-order valence-electron chi connectivity index (χ4n) is 1.94. The number of hydrogen-bond acceptors (Lipinski definition) is 2. The first-order valence-electron chi connectivity index (χ1n) is 6.03. The van der Waals surface area contributed by atoms with Gasteiger partial charge in [-0.15, -0.1) is 0 Å². The first-order chi connectivity index (χ1) is 9.51. The van der Waals surface area contributed by atoms with Crippen LogP contribution in [0.15, 0.2) is 34.8 Å². The Kier molecular flexibility index (Phi) is 4.60. The summed E-state index contributed by atoms with van der Waals surface area (Å²) in [4.78, 5) is 0. The van der Waals surface area contributed by atoms with Gasteiger partial charge < -0.3 is 10.1 Å². The highest BCUT2D eigenvalue weighted by Gasteiger charge is 2.10. The zero-order valence-corrected chi connectivity index (χ0v) is 12.7. The third-order valence-electron chi connectivity index (χ3n) is 2.90. The molecule has 0 radical (unpaired) electrons. The maximum absolute atomic E-state index is 13.7. The molecule has 1 N–H and O–H groups in total. The lowest BCUT2D eigenvalue weighted by Crippen LogP contribution is -2.04. The number of methoxy groups -OCH3 is 1. The van der Waals surface area contributed by atoms with E-state index in [9.17, 15) is 8.78 Å². The summed E-state index contributed by atoms with van der Waals surface area (Å²) in [7, 11) is 1.59. The van der Waals surface area contributed by atoms with Gasteiger partial charge in [0.2, 0.25) is 0 Å². The first kappa shape index (κ1) is 14.8. The van der Waals surface area contributed by atoms with Crippen LogP contribution in [-0.2, 0) is 6.54 Å². The van der Waals surface area contributed by atoms with Gasteiger partial charge in [-0.25, -0.2) is 8.78 Å². The highest BCUT2D eigenvalue weighted by atomic mass is 79.9. The topological polar surface area (TPSA) is 21.3 Å². The molecule has 2 nitrogen and oxygen atoms in total. The minimum absolute atomic E-state index is 0.231. The third-order valence-corrected chi connectivity index (χ3v) is 3.52. The number of benzene rings is 2. The quantitative estimate of drug-likeness (QED) is 0.873. The molecule has 0 aliphatic rings. The molecule has 5 heteroatoms. The normalized spacial score (nSPS) is 10.4. The van der Waals surface area contributed by atoms with E-state index in [0.29, 0.717) is 11.0 Å². The Labute approximate surface area is 124 Å². The summed E-state index contributed by atoms with van der Waals surface area (Å²) in [5.41, 5.74) is 2.22. The molecule has 0 saturated heterocycles. The second-order valence-corrected chi connectivity index (χ2v) is 5.27. The summed E-state index contributed by atoms with van der Waals surface area (Å²) < 4.78 is 32.3. The van der Waals surface area contributed by atoms with Crippen molar-refractivity contribution in [3.8, 4) is 5.75 Å². The van der Waals surface area contributed by atoms with Gasteiger partial charge >= 0.3 is 0 Å². The van der Waals surface area contributed by atoms with Crippen LogP contribution in [0.3, 0.4) is 0 Å². The molecular formula is C15H14BrF2NO. The summed E-state index contributed by atoms with van der Waals surface area (Å²) in [6, 6.07) is 7.83. The van der Waals surface area contributed by atoms with Crippen LogP contribution in [-0.4, -0.2) is 7.11 Å². The molecule has 106 valence electrons. The standard InChI is InChI=1S/C15H14BrF2NO/c1-9-3-4-14(20-2)10(5-9)8-19-15-12(16)6-11(17)7-13(15)18/h3-7,19H,8H2,1-2H3. The maximum atomic E-state index is 13.7. The fraction of sp³-hybridized carbons (Fsp3) is 0.200. The number of ether oxygens (including phenoxy) is 1. The Balaban J connectivity index is 2.23. The summed E-state index contributed by atoms with van der Waals surface area (Å²) in [5, 5.41) is 2.96. The predicted molar refractivity (Wildman–Crippen MR) is 79.1 cm³/mol. The molecule has 0 atom stereocenters. The van der Waals surface area contributed by atoms with Gasteiger partial charge in [-0.05, 0) is 35.0 Å². The molecule has 0 bridgehead atoms. The van der Waals surface area contributed by atoms with E-state index < -0.39 is 11.6 Å². The first-order valence-corrected chi connectivity index (χ1v) is 6.82. The monoisotopic (exact) mass is 341 g/mol. The lowest BCUT2D eigenvalue weighted by atomic mass is 10.1. The minimum Gasteiger partial charge on any atom is -0.496 e. The number of halogens is 3. The van der Waals surface area contributed by atoms with Crippen LogP contribution in [0, 0.1) is 18.6 Å². The number of aryl methyl sites for hydroxylation is 1. The Morgan fingerprint density at radius 2 is 1.95 bits per heavy atom. The van der Waals surface area contributed by atoms with E-state index in [2.05, 4.69) is 21.2 Å². The molecule has 0 unspecified atom stereocenters. The molecule has 0 fully saturated rings. The Bertz CT molecular complexity index is 608. The maximum Gasteiger partial charge on any atom is 0.150 e. The number of hydrogen-bond donors (Lipinski definition) is 1. The summed E-state index contributed by atoms with van der Waals surface area (Å²) >= 11 is 3.15. The number of rotatable bonds is 4. The number of anilines is 1. The van der Waals surface area contributed by atoms with E-state index in [-0.39, 0.29) is 5.69 Å². The van der Waals surface area contributed by atoms with Gasteiger partial charge in [0.25, 0.3) is 0 Å². The van der Waals surface area contributed by atoms with Gasteiger partial charge in [0.1, 0.15) is 17.4 Å². The summed E-state index contributed by atoms with van der Waals surface area (Å²) in [6.07, 6.45) is 0. The second-order valence-electron chi connectivity index (χ2n) is 4.41. The van der Waals surface area contributed by atoms with Crippen molar-refractivity contribution in [2.45, 2.75) is 13.5 Å². The van der Waals surface area contributed by atoms with Crippen molar-refractivity contribution in [1.82, 2.24) is 0 Å². The highest BCUT2D eigenvalue weighted by molar-refractivity contribution is 9.10. The lowest BCUT2D eigenvalue weighted by Gasteiger charge is -2.13. The van der Waals surface area contributed by atoms with Crippen molar-refractivity contribution in [3.63, 3.8) is 0 Å². The molecule has 0 amide bonds. The van der Waals surface area contributed by atoms with Gasteiger partial charge in [0.15, 0.2) is 0 Å². The third kappa shape index (κ3) is 3.28. The molecule has 0 aromatic heterocycles. The summed E-state index contributed by atoms with van der Waals surface area (Å²) in [6.45, 7) is 2.35. The average molecular weight is 342 g/mol. The van der Waals surface area contributed by atoms with Crippen LogP contribution in [0.1, 0.15) is 11.1 Å². The van der Waals surface area contributed by atoms with Gasteiger partial charge in [0, 0.05) is 22.6 Å². The van der Waals surface area contributed by atoms with Crippen molar-refractivity contribution >= 4 is 21.6 Å². The number of nitrogens with one attached hydrogen (secondary N) is 1. The molecule has 0 aliphatic heterocycles. The van der Waals surface area contributed by atoms with E-state index in [0.717, 1.165) is 22.9 Å². The smallest absolute Gasteiger partial charge is 0.150 e. The van der Waals surface area contributed by atoms with Gasteiger partial charge in [-0.1, -0.05) is 17.7 Å². The molecule has 2 aromatic carbocycles. The van der Waals surface area contributed by atoms with Crippen LogP contribution in [0.5, 0.6) is 5.75 Å². The molecular weight excluding hydrogens is 328 g/mol. The van der Waals surface area contributed by atoms with Crippen molar-refractivity contribution in [2.75, 3.05) is 12.4 Å². The van der Waals surface area contributed by atoms with Gasteiger partial charge in [-0.3, -0.25) is 0 Å². The Morgan fingerprint density at radius 3 is 2.60 bits per heavy atom. The van der Waals surface area contributed by atoms with E-state index in [4.69, 9.17) is 4.74 Å². The minimum atomic E-state index is -0.636. The fourth-order valence-corrected chi connectivity index (χ4v) is 2.49. The average Bonchev–Trinajstić information content (AvgIpc) is 2.37.